The molecule has 0 aliphatic carbocycles. The van der Waals surface area contributed by atoms with Gasteiger partial charge in [-0.1, -0.05) is 146 Å². The van der Waals surface area contributed by atoms with E-state index in [2.05, 4.69) is 67.8 Å². The van der Waals surface area contributed by atoms with Crippen LogP contribution in [0.25, 0.3) is 0 Å². The van der Waals surface area contributed by atoms with E-state index in [0.29, 0.717) is 12.8 Å². The number of ether oxygens (including phenoxy) is 1. The number of hydrogen-bond acceptors (Lipinski definition) is 8. The molecular formula is C41H72NO10P. The standard InChI is InChI=1S/C41H72NO10P/c1-3-5-7-9-11-13-15-17-19-21-23-25-27-29-31-33-40(45)50-34-37(43)35-51-53(48,49)52-36-38(41(46)47)42-39(44)32-30-28-26-24-22-20-18-16-14-12-10-8-6-4-2/h5,7,11,13,17,19,23,25,37-38,43H,3-4,6,8-10,12,14-16,18,20-22,24,26-36H2,1-2H3,(H,42,44)(H,46,47)(H,48,49)/b7-5-,13-11-,19-17-,25-23-. The van der Waals surface area contributed by atoms with Crippen LogP contribution < -0.4 is 5.32 Å². The number of carbonyl (C=O) groups is 3. The molecule has 0 aliphatic rings. The largest absolute Gasteiger partial charge is 0.480 e. The van der Waals surface area contributed by atoms with Crippen molar-refractivity contribution in [2.45, 2.75) is 174 Å². The minimum Gasteiger partial charge on any atom is -0.480 e. The van der Waals surface area contributed by atoms with E-state index in [9.17, 15) is 34.1 Å². The lowest BCUT2D eigenvalue weighted by Crippen LogP contribution is -2.43. The highest BCUT2D eigenvalue weighted by molar-refractivity contribution is 7.47. The summed E-state index contributed by atoms with van der Waals surface area (Å²) in [6.07, 6.45) is 38.5. The Hall–Kier alpha value is -2.56. The van der Waals surface area contributed by atoms with Crippen molar-refractivity contribution in [1.29, 1.82) is 0 Å². The fraction of sp³-hybridized carbons (Fsp3) is 0.732. The van der Waals surface area contributed by atoms with E-state index in [1.54, 1.807) is 0 Å². The van der Waals surface area contributed by atoms with Gasteiger partial charge >= 0.3 is 19.8 Å². The highest BCUT2D eigenvalue weighted by Gasteiger charge is 2.28. The van der Waals surface area contributed by atoms with Gasteiger partial charge in [0, 0.05) is 12.8 Å². The predicted octanol–water partition coefficient (Wildman–Crippen LogP) is 9.83. The zero-order valence-corrected chi connectivity index (χ0v) is 33.7. The van der Waals surface area contributed by atoms with Crippen molar-refractivity contribution in [3.8, 4) is 0 Å². The first-order valence-corrected chi connectivity index (χ1v) is 21.7. The number of carboxylic acid groups (broad SMARTS) is 1. The maximum Gasteiger partial charge on any atom is 0.472 e. The smallest absolute Gasteiger partial charge is 0.472 e. The molecule has 0 saturated carbocycles. The predicted molar refractivity (Wildman–Crippen MR) is 212 cm³/mol. The molecule has 0 heterocycles. The van der Waals surface area contributed by atoms with Gasteiger partial charge in [0.15, 0.2) is 6.04 Å². The van der Waals surface area contributed by atoms with E-state index >= 15 is 0 Å². The average molecular weight is 770 g/mol. The summed E-state index contributed by atoms with van der Waals surface area (Å²) in [5.74, 6) is -2.42. The Bertz CT molecular complexity index is 1090. The number of carbonyl (C=O) groups excluding carboxylic acids is 2. The van der Waals surface area contributed by atoms with Gasteiger partial charge in [0.25, 0.3) is 0 Å². The zero-order valence-electron chi connectivity index (χ0n) is 32.8. The first kappa shape index (κ1) is 50.4. The van der Waals surface area contributed by atoms with Gasteiger partial charge in [0.2, 0.25) is 5.91 Å². The molecular weight excluding hydrogens is 697 g/mol. The monoisotopic (exact) mass is 769 g/mol. The lowest BCUT2D eigenvalue weighted by molar-refractivity contribution is -0.147. The summed E-state index contributed by atoms with van der Waals surface area (Å²) < 4.78 is 26.7. The van der Waals surface area contributed by atoms with Crippen molar-refractivity contribution in [3.63, 3.8) is 0 Å². The van der Waals surface area contributed by atoms with Gasteiger partial charge in [-0.25, -0.2) is 9.36 Å². The Balaban J connectivity index is 3.99. The Morgan fingerprint density at radius 3 is 1.62 bits per heavy atom. The third-order valence-electron chi connectivity index (χ3n) is 8.38. The minimum atomic E-state index is -4.76. The number of carboxylic acids is 1. The molecule has 0 aromatic heterocycles. The number of aliphatic hydroxyl groups is 1. The molecule has 0 spiro atoms. The molecule has 12 heteroatoms. The number of aliphatic carboxylic acids is 1. The second-order valence-electron chi connectivity index (χ2n) is 13.4. The molecule has 0 radical (unpaired) electrons. The van der Waals surface area contributed by atoms with E-state index in [4.69, 9.17) is 13.8 Å². The van der Waals surface area contributed by atoms with Gasteiger partial charge in [0.1, 0.15) is 12.7 Å². The molecule has 4 N–H and O–H groups in total. The molecule has 306 valence electrons. The molecule has 3 unspecified atom stereocenters. The first-order chi connectivity index (χ1) is 25.6. The third-order valence-corrected chi connectivity index (χ3v) is 9.33. The minimum absolute atomic E-state index is 0.144. The summed E-state index contributed by atoms with van der Waals surface area (Å²) >= 11 is 0. The maximum atomic E-state index is 12.3. The Morgan fingerprint density at radius 2 is 1.09 bits per heavy atom. The summed E-state index contributed by atoms with van der Waals surface area (Å²) in [7, 11) is -4.76. The van der Waals surface area contributed by atoms with Crippen molar-refractivity contribution in [3.05, 3.63) is 48.6 Å². The van der Waals surface area contributed by atoms with E-state index in [0.717, 1.165) is 57.8 Å². The summed E-state index contributed by atoms with van der Waals surface area (Å²) in [6, 6.07) is -1.55. The van der Waals surface area contributed by atoms with Crippen LogP contribution in [0, 0.1) is 0 Å². The SMILES string of the molecule is CC/C=C\C/C=C\C/C=C\C/C=C\CCCCC(=O)OCC(O)COP(=O)(O)OCC(NC(=O)CCCCCCCCCCCCCCCC)C(=O)O. The van der Waals surface area contributed by atoms with Crippen LogP contribution in [0.15, 0.2) is 48.6 Å². The van der Waals surface area contributed by atoms with Crippen LogP contribution in [-0.4, -0.2) is 64.9 Å². The number of aliphatic hydroxyl groups excluding tert-OH is 1. The quantitative estimate of drug-likeness (QED) is 0.0207. The molecule has 0 aromatic rings. The number of unbranched alkanes of at least 4 members (excludes halogenated alkanes) is 15. The number of hydrogen-bond donors (Lipinski definition) is 4. The van der Waals surface area contributed by atoms with Crippen LogP contribution in [0.1, 0.15) is 162 Å². The van der Waals surface area contributed by atoms with Gasteiger partial charge in [0.05, 0.1) is 13.2 Å². The summed E-state index contributed by atoms with van der Waals surface area (Å²) in [6.45, 7) is 2.42. The summed E-state index contributed by atoms with van der Waals surface area (Å²) in [4.78, 5) is 45.8. The summed E-state index contributed by atoms with van der Waals surface area (Å²) in [5, 5.41) is 21.8. The van der Waals surface area contributed by atoms with Crippen molar-refractivity contribution < 1.29 is 47.8 Å². The average Bonchev–Trinajstić information content (AvgIpc) is 3.13. The lowest BCUT2D eigenvalue weighted by Gasteiger charge is -2.18. The highest BCUT2D eigenvalue weighted by atomic mass is 31.2. The number of phosphoric ester groups is 1. The Morgan fingerprint density at radius 1 is 0.623 bits per heavy atom. The maximum absolute atomic E-state index is 12.3. The van der Waals surface area contributed by atoms with Crippen LogP contribution in [-0.2, 0) is 32.7 Å². The highest BCUT2D eigenvalue weighted by Crippen LogP contribution is 2.43. The molecule has 3 atom stereocenters. The first-order valence-electron chi connectivity index (χ1n) is 20.2. The van der Waals surface area contributed by atoms with Crippen molar-refractivity contribution in [2.75, 3.05) is 19.8 Å². The van der Waals surface area contributed by atoms with Gasteiger partial charge in [-0.15, -0.1) is 0 Å². The normalized spacial score (nSPS) is 14.3. The number of allylic oxidation sites excluding steroid dienone is 8. The van der Waals surface area contributed by atoms with Crippen LogP contribution in [0.4, 0.5) is 0 Å². The van der Waals surface area contributed by atoms with Gasteiger partial charge in [-0.3, -0.25) is 18.6 Å². The topological polar surface area (TPSA) is 169 Å². The number of rotatable bonds is 37. The number of esters is 1. The fourth-order valence-corrected chi connectivity index (χ4v) is 6.02. The van der Waals surface area contributed by atoms with Crippen LogP contribution >= 0.6 is 7.82 Å². The Labute approximate surface area is 320 Å². The van der Waals surface area contributed by atoms with Gasteiger partial charge in [-0.05, 0) is 51.4 Å². The van der Waals surface area contributed by atoms with Crippen LogP contribution in [0.3, 0.4) is 0 Å². The van der Waals surface area contributed by atoms with E-state index in [-0.39, 0.29) is 12.8 Å². The molecule has 0 fully saturated rings. The number of phosphoric acid groups is 1. The molecule has 0 rings (SSSR count). The molecule has 0 bridgehead atoms. The Kier molecular flexibility index (Phi) is 34.7. The van der Waals surface area contributed by atoms with Gasteiger partial charge < -0.3 is 25.2 Å². The third kappa shape index (κ3) is 36.2. The zero-order chi connectivity index (χ0) is 39.3. The van der Waals surface area contributed by atoms with E-state index < -0.39 is 57.6 Å². The summed E-state index contributed by atoms with van der Waals surface area (Å²) in [5.41, 5.74) is 0. The van der Waals surface area contributed by atoms with Crippen molar-refractivity contribution in [2.24, 2.45) is 0 Å². The molecule has 0 aromatic carbocycles. The molecule has 0 aliphatic heterocycles. The number of nitrogens with one attached hydrogen (secondary N) is 1. The second kappa shape index (κ2) is 36.4. The van der Waals surface area contributed by atoms with Crippen LogP contribution in [0.2, 0.25) is 0 Å². The molecule has 53 heavy (non-hydrogen) atoms. The van der Waals surface area contributed by atoms with Crippen molar-refractivity contribution in [1.82, 2.24) is 5.32 Å². The van der Waals surface area contributed by atoms with E-state index in [1.807, 2.05) is 0 Å². The number of amides is 1. The van der Waals surface area contributed by atoms with E-state index in [1.165, 1.54) is 64.2 Å². The molecule has 1 amide bonds. The van der Waals surface area contributed by atoms with Crippen LogP contribution in [0.5, 0.6) is 0 Å². The second-order valence-corrected chi connectivity index (χ2v) is 14.9. The van der Waals surface area contributed by atoms with Gasteiger partial charge in [-0.2, -0.15) is 0 Å². The molecule has 11 nitrogen and oxygen atoms in total. The molecule has 0 saturated heterocycles. The van der Waals surface area contributed by atoms with Crippen molar-refractivity contribution >= 4 is 25.7 Å². The lowest BCUT2D eigenvalue weighted by atomic mass is 10.0. The fourth-order valence-electron chi connectivity index (χ4n) is 5.25.